The molecule has 1 aromatic heterocycles. The molecular weight excluding hydrogens is 339 g/mol. The molecule has 1 fully saturated rings. The monoisotopic (exact) mass is 362 g/mol. The Hall–Kier alpha value is -1.79. The van der Waals surface area contributed by atoms with Crippen molar-refractivity contribution in [2.24, 2.45) is 5.41 Å². The second-order valence-corrected chi connectivity index (χ2v) is 7.95. The molecule has 1 aliphatic rings. The number of hydrogen-bond acceptors (Lipinski definition) is 4. The molecule has 1 amide bonds. The highest BCUT2D eigenvalue weighted by Crippen LogP contribution is 2.34. The SMILES string of the molecule is Cc1nc(CCC(=O)N2CCC(CO)(Cc3ccc(F)cc3)C2)cs1. The molecule has 3 rings (SSSR count). The van der Waals surface area contributed by atoms with Crippen LogP contribution in [-0.4, -0.2) is 40.6 Å². The molecule has 1 unspecified atom stereocenters. The fourth-order valence-corrected chi connectivity index (χ4v) is 4.08. The van der Waals surface area contributed by atoms with Gasteiger partial charge in [0.2, 0.25) is 5.91 Å². The van der Waals surface area contributed by atoms with Crippen molar-refractivity contribution < 1.29 is 14.3 Å². The number of aliphatic hydroxyl groups is 1. The smallest absolute Gasteiger partial charge is 0.222 e. The number of carbonyl (C=O) groups excluding carboxylic acids is 1. The number of aryl methyl sites for hydroxylation is 2. The molecule has 0 radical (unpaired) electrons. The van der Waals surface area contributed by atoms with E-state index in [4.69, 9.17) is 0 Å². The fraction of sp³-hybridized carbons (Fsp3) is 0.474. The quantitative estimate of drug-likeness (QED) is 0.860. The summed E-state index contributed by atoms with van der Waals surface area (Å²) in [6.07, 6.45) is 2.52. The number of halogens is 1. The Bertz CT molecular complexity index is 731. The highest BCUT2D eigenvalue weighted by molar-refractivity contribution is 7.09. The minimum atomic E-state index is -0.329. The van der Waals surface area contributed by atoms with Gasteiger partial charge in [0, 0.05) is 30.3 Å². The van der Waals surface area contributed by atoms with Crippen LogP contribution in [-0.2, 0) is 17.6 Å². The summed E-state index contributed by atoms with van der Waals surface area (Å²) in [6, 6.07) is 6.38. The van der Waals surface area contributed by atoms with Crippen LogP contribution in [0.1, 0.15) is 29.1 Å². The number of carbonyl (C=O) groups is 1. The van der Waals surface area contributed by atoms with Crippen molar-refractivity contribution in [3.05, 3.63) is 51.7 Å². The Balaban J connectivity index is 1.58. The Morgan fingerprint density at radius 2 is 2.16 bits per heavy atom. The fourth-order valence-electron chi connectivity index (χ4n) is 3.43. The summed E-state index contributed by atoms with van der Waals surface area (Å²) in [6.45, 7) is 3.20. The lowest BCUT2D eigenvalue weighted by molar-refractivity contribution is -0.130. The number of likely N-dealkylation sites (tertiary alicyclic amines) is 1. The van der Waals surface area contributed by atoms with E-state index >= 15 is 0 Å². The number of hydrogen-bond donors (Lipinski definition) is 1. The third-order valence-electron chi connectivity index (χ3n) is 4.88. The molecule has 1 aromatic carbocycles. The van der Waals surface area contributed by atoms with Gasteiger partial charge in [-0.25, -0.2) is 9.37 Å². The first-order valence-electron chi connectivity index (χ1n) is 8.54. The van der Waals surface area contributed by atoms with Gasteiger partial charge >= 0.3 is 0 Å². The summed E-state index contributed by atoms with van der Waals surface area (Å²) in [7, 11) is 0. The van der Waals surface area contributed by atoms with E-state index in [1.807, 2.05) is 17.2 Å². The molecule has 1 N–H and O–H groups in total. The molecule has 134 valence electrons. The maximum absolute atomic E-state index is 13.1. The second kappa shape index (κ2) is 7.62. The summed E-state index contributed by atoms with van der Waals surface area (Å²) in [5.74, 6) is -0.151. The van der Waals surface area contributed by atoms with Crippen molar-refractivity contribution >= 4 is 17.2 Å². The van der Waals surface area contributed by atoms with E-state index in [1.54, 1.807) is 23.5 Å². The number of nitrogens with zero attached hydrogens (tertiary/aromatic N) is 2. The lowest BCUT2D eigenvalue weighted by atomic mass is 9.81. The molecule has 1 saturated heterocycles. The van der Waals surface area contributed by atoms with Gasteiger partial charge in [-0.2, -0.15) is 0 Å². The number of aromatic nitrogens is 1. The van der Waals surface area contributed by atoms with Crippen molar-refractivity contribution in [1.82, 2.24) is 9.88 Å². The lowest BCUT2D eigenvalue weighted by Crippen LogP contribution is -2.35. The third kappa shape index (κ3) is 4.44. The van der Waals surface area contributed by atoms with Crippen LogP contribution in [0.25, 0.3) is 0 Å². The first-order valence-corrected chi connectivity index (χ1v) is 9.42. The minimum absolute atomic E-state index is 0.0272. The molecule has 0 saturated carbocycles. The van der Waals surface area contributed by atoms with E-state index in [0.29, 0.717) is 32.4 Å². The van der Waals surface area contributed by atoms with Crippen LogP contribution in [0.4, 0.5) is 4.39 Å². The zero-order chi connectivity index (χ0) is 17.9. The summed E-state index contributed by atoms with van der Waals surface area (Å²) in [4.78, 5) is 18.7. The Kier molecular flexibility index (Phi) is 5.49. The maximum Gasteiger partial charge on any atom is 0.222 e. The van der Waals surface area contributed by atoms with Crippen LogP contribution < -0.4 is 0 Å². The third-order valence-corrected chi connectivity index (χ3v) is 5.70. The Morgan fingerprint density at radius 3 is 2.80 bits per heavy atom. The highest BCUT2D eigenvalue weighted by Gasteiger charge is 2.39. The van der Waals surface area contributed by atoms with Crippen LogP contribution in [0.5, 0.6) is 0 Å². The Labute approximate surface area is 151 Å². The van der Waals surface area contributed by atoms with E-state index in [-0.39, 0.29) is 23.7 Å². The highest BCUT2D eigenvalue weighted by atomic mass is 32.1. The molecule has 2 heterocycles. The summed E-state index contributed by atoms with van der Waals surface area (Å²) >= 11 is 1.60. The topological polar surface area (TPSA) is 53.4 Å². The predicted octanol–water partition coefficient (Wildman–Crippen LogP) is 2.98. The van der Waals surface area contributed by atoms with E-state index < -0.39 is 0 Å². The molecule has 0 aliphatic carbocycles. The number of thiazole rings is 1. The van der Waals surface area contributed by atoms with Crippen LogP contribution in [0.15, 0.2) is 29.6 Å². The molecular formula is C19H23FN2O2S. The van der Waals surface area contributed by atoms with E-state index in [0.717, 1.165) is 22.7 Å². The molecule has 6 heteroatoms. The molecule has 1 atom stereocenters. The average Bonchev–Trinajstić information content (AvgIpc) is 3.22. The first kappa shape index (κ1) is 18.0. The normalized spacial score (nSPS) is 20.2. The van der Waals surface area contributed by atoms with Crippen molar-refractivity contribution in [1.29, 1.82) is 0 Å². The lowest BCUT2D eigenvalue weighted by Gasteiger charge is -2.27. The molecule has 25 heavy (non-hydrogen) atoms. The van der Waals surface area contributed by atoms with Crippen molar-refractivity contribution in [2.45, 2.75) is 32.6 Å². The van der Waals surface area contributed by atoms with Gasteiger partial charge in [-0.05, 0) is 43.9 Å². The molecule has 2 aromatic rings. The molecule has 0 bridgehead atoms. The number of amides is 1. The van der Waals surface area contributed by atoms with E-state index in [1.165, 1.54) is 12.1 Å². The predicted molar refractivity (Wildman–Crippen MR) is 96.0 cm³/mol. The Morgan fingerprint density at radius 1 is 1.40 bits per heavy atom. The minimum Gasteiger partial charge on any atom is -0.396 e. The summed E-state index contributed by atoms with van der Waals surface area (Å²) in [5.41, 5.74) is 1.63. The number of benzene rings is 1. The average molecular weight is 362 g/mol. The van der Waals surface area contributed by atoms with Crippen LogP contribution in [0.2, 0.25) is 0 Å². The van der Waals surface area contributed by atoms with Gasteiger partial charge in [-0.15, -0.1) is 11.3 Å². The number of aliphatic hydroxyl groups excluding tert-OH is 1. The van der Waals surface area contributed by atoms with Crippen molar-refractivity contribution in [2.75, 3.05) is 19.7 Å². The van der Waals surface area contributed by atoms with Gasteiger partial charge in [0.05, 0.1) is 17.3 Å². The first-order chi connectivity index (χ1) is 12.0. The molecule has 0 spiro atoms. The van der Waals surface area contributed by atoms with Gasteiger partial charge in [-0.1, -0.05) is 12.1 Å². The van der Waals surface area contributed by atoms with E-state index in [9.17, 15) is 14.3 Å². The van der Waals surface area contributed by atoms with Crippen LogP contribution in [0, 0.1) is 18.2 Å². The van der Waals surface area contributed by atoms with Crippen molar-refractivity contribution in [3.63, 3.8) is 0 Å². The summed E-state index contributed by atoms with van der Waals surface area (Å²) < 4.78 is 13.1. The largest absolute Gasteiger partial charge is 0.396 e. The van der Waals surface area contributed by atoms with Crippen LogP contribution in [0.3, 0.4) is 0 Å². The zero-order valence-corrected chi connectivity index (χ0v) is 15.2. The zero-order valence-electron chi connectivity index (χ0n) is 14.4. The van der Waals surface area contributed by atoms with Gasteiger partial charge in [0.1, 0.15) is 5.82 Å². The molecule has 1 aliphatic heterocycles. The van der Waals surface area contributed by atoms with Gasteiger partial charge in [0.15, 0.2) is 0 Å². The summed E-state index contributed by atoms with van der Waals surface area (Å²) in [5, 5.41) is 12.9. The van der Waals surface area contributed by atoms with Crippen molar-refractivity contribution in [3.8, 4) is 0 Å². The van der Waals surface area contributed by atoms with E-state index in [2.05, 4.69) is 4.98 Å². The second-order valence-electron chi connectivity index (χ2n) is 6.88. The number of rotatable bonds is 6. The van der Waals surface area contributed by atoms with Crippen LogP contribution >= 0.6 is 11.3 Å². The molecule has 4 nitrogen and oxygen atoms in total. The van der Waals surface area contributed by atoms with Gasteiger partial charge in [-0.3, -0.25) is 4.79 Å². The maximum atomic E-state index is 13.1. The standard InChI is InChI=1S/C19H23FN2O2S/c1-14-21-17(11-25-14)6-7-18(24)22-9-8-19(12-22,13-23)10-15-2-4-16(20)5-3-15/h2-5,11,23H,6-10,12-13H2,1H3. The van der Waals surface area contributed by atoms with Gasteiger partial charge < -0.3 is 10.0 Å². The van der Waals surface area contributed by atoms with Gasteiger partial charge in [0.25, 0.3) is 0 Å².